The van der Waals surface area contributed by atoms with Crippen LogP contribution in [0.4, 0.5) is 0 Å². The zero-order valence-corrected chi connectivity index (χ0v) is 9.69. The molecule has 3 heteroatoms. The lowest BCUT2D eigenvalue weighted by Gasteiger charge is -2.09. The Kier molecular flexibility index (Phi) is 3.11. The monoisotopic (exact) mass is 233 g/mol. The Morgan fingerprint density at radius 2 is 1.88 bits per heavy atom. The van der Waals surface area contributed by atoms with Crippen LogP contribution in [0.15, 0.2) is 48.7 Å². The molecule has 0 aliphatic rings. The van der Waals surface area contributed by atoms with Gasteiger partial charge in [0.1, 0.15) is 5.38 Å². The first kappa shape index (κ1) is 11.0. The van der Waals surface area contributed by atoms with Crippen LogP contribution in [0.3, 0.4) is 0 Å². The van der Waals surface area contributed by atoms with Crippen molar-refractivity contribution in [3.8, 4) is 0 Å². The van der Waals surface area contributed by atoms with E-state index in [1.54, 1.807) is 10.6 Å². The van der Waals surface area contributed by atoms with E-state index in [-0.39, 0.29) is 5.78 Å². The molecule has 82 valence electrons. The maximum Gasteiger partial charge on any atom is 0.201 e. The average Bonchev–Trinajstić information content (AvgIpc) is 2.75. The Balaban J connectivity index is 2.27. The van der Waals surface area contributed by atoms with Crippen LogP contribution in [0.1, 0.15) is 21.4 Å². The van der Waals surface area contributed by atoms with Gasteiger partial charge in [-0.2, -0.15) is 0 Å². The molecular formula is C13H12ClNO. The summed E-state index contributed by atoms with van der Waals surface area (Å²) in [6.45, 7) is 0. The van der Waals surface area contributed by atoms with Gasteiger partial charge in [0, 0.05) is 13.2 Å². The van der Waals surface area contributed by atoms with E-state index in [2.05, 4.69) is 0 Å². The molecule has 0 aliphatic carbocycles. The molecule has 2 rings (SSSR count). The minimum atomic E-state index is -0.616. The second-order valence-electron chi connectivity index (χ2n) is 3.64. The highest BCUT2D eigenvalue weighted by Gasteiger charge is 2.20. The second-order valence-corrected chi connectivity index (χ2v) is 4.08. The zero-order chi connectivity index (χ0) is 11.5. The summed E-state index contributed by atoms with van der Waals surface area (Å²) in [6.07, 6.45) is 1.84. The standard InChI is InChI=1S/C13H12ClNO/c1-15-9-5-8-11(15)13(16)12(14)10-6-3-2-4-7-10/h2-9,12H,1H3. The zero-order valence-electron chi connectivity index (χ0n) is 8.93. The molecular weight excluding hydrogens is 222 g/mol. The van der Waals surface area contributed by atoms with Crippen molar-refractivity contribution < 1.29 is 4.79 Å². The van der Waals surface area contributed by atoms with E-state index in [0.29, 0.717) is 5.69 Å². The van der Waals surface area contributed by atoms with Crippen molar-refractivity contribution in [2.75, 3.05) is 0 Å². The van der Waals surface area contributed by atoms with Crippen LogP contribution in [0.5, 0.6) is 0 Å². The fourth-order valence-electron chi connectivity index (χ4n) is 1.62. The SMILES string of the molecule is Cn1cccc1C(=O)C(Cl)c1ccccc1. The van der Waals surface area contributed by atoms with Crippen molar-refractivity contribution in [3.05, 3.63) is 59.9 Å². The smallest absolute Gasteiger partial charge is 0.201 e. The van der Waals surface area contributed by atoms with Gasteiger partial charge in [0.25, 0.3) is 0 Å². The molecule has 0 saturated heterocycles. The number of ketones is 1. The number of halogens is 1. The van der Waals surface area contributed by atoms with Gasteiger partial charge in [-0.05, 0) is 17.7 Å². The lowest BCUT2D eigenvalue weighted by atomic mass is 10.1. The van der Waals surface area contributed by atoms with E-state index < -0.39 is 5.38 Å². The van der Waals surface area contributed by atoms with Crippen LogP contribution >= 0.6 is 11.6 Å². The van der Waals surface area contributed by atoms with Gasteiger partial charge in [-0.1, -0.05) is 30.3 Å². The van der Waals surface area contributed by atoms with Gasteiger partial charge in [-0.25, -0.2) is 0 Å². The van der Waals surface area contributed by atoms with Crippen molar-refractivity contribution in [1.82, 2.24) is 4.57 Å². The molecule has 2 aromatic rings. The van der Waals surface area contributed by atoms with Crippen LogP contribution in [0.2, 0.25) is 0 Å². The van der Waals surface area contributed by atoms with E-state index in [9.17, 15) is 4.79 Å². The van der Waals surface area contributed by atoms with Crippen LogP contribution in [0.25, 0.3) is 0 Å². The summed E-state index contributed by atoms with van der Waals surface area (Å²) >= 11 is 6.16. The Morgan fingerprint density at radius 3 is 2.44 bits per heavy atom. The fourth-order valence-corrected chi connectivity index (χ4v) is 1.88. The number of nitrogens with zero attached hydrogens (tertiary/aromatic N) is 1. The molecule has 0 bridgehead atoms. The molecule has 0 N–H and O–H groups in total. The predicted molar refractivity (Wildman–Crippen MR) is 64.8 cm³/mol. The molecule has 1 aromatic heterocycles. The summed E-state index contributed by atoms with van der Waals surface area (Å²) in [6, 6.07) is 13.0. The number of benzene rings is 1. The normalized spacial score (nSPS) is 12.4. The number of rotatable bonds is 3. The molecule has 2 nitrogen and oxygen atoms in total. The number of alkyl halides is 1. The van der Waals surface area contributed by atoms with Gasteiger partial charge in [-0.3, -0.25) is 4.79 Å². The van der Waals surface area contributed by atoms with Crippen molar-refractivity contribution in [1.29, 1.82) is 0 Å². The molecule has 0 amide bonds. The van der Waals surface area contributed by atoms with Crippen molar-refractivity contribution in [2.24, 2.45) is 7.05 Å². The maximum absolute atomic E-state index is 12.1. The number of hydrogen-bond donors (Lipinski definition) is 0. The third-order valence-electron chi connectivity index (χ3n) is 2.52. The van der Waals surface area contributed by atoms with Gasteiger partial charge in [0.2, 0.25) is 5.78 Å². The number of aryl methyl sites for hydroxylation is 1. The fraction of sp³-hybridized carbons (Fsp3) is 0.154. The third kappa shape index (κ3) is 2.02. The topological polar surface area (TPSA) is 22.0 Å². The van der Waals surface area contributed by atoms with E-state index in [1.165, 1.54) is 0 Å². The molecule has 1 heterocycles. The Hall–Kier alpha value is -1.54. The molecule has 0 radical (unpaired) electrons. The van der Waals surface area contributed by atoms with E-state index in [4.69, 9.17) is 11.6 Å². The van der Waals surface area contributed by atoms with Gasteiger partial charge in [-0.15, -0.1) is 11.6 Å². The van der Waals surface area contributed by atoms with Crippen LogP contribution in [-0.4, -0.2) is 10.4 Å². The van der Waals surface area contributed by atoms with E-state index in [0.717, 1.165) is 5.56 Å². The van der Waals surface area contributed by atoms with Gasteiger partial charge >= 0.3 is 0 Å². The lowest BCUT2D eigenvalue weighted by molar-refractivity contribution is 0.0979. The number of carbonyl (C=O) groups is 1. The molecule has 1 aromatic carbocycles. The highest BCUT2D eigenvalue weighted by atomic mass is 35.5. The largest absolute Gasteiger partial charge is 0.348 e. The van der Waals surface area contributed by atoms with E-state index >= 15 is 0 Å². The minimum absolute atomic E-state index is 0.0691. The van der Waals surface area contributed by atoms with Gasteiger partial charge in [0.15, 0.2) is 0 Å². The maximum atomic E-state index is 12.1. The Bertz CT molecular complexity index is 490. The molecule has 16 heavy (non-hydrogen) atoms. The molecule has 0 saturated carbocycles. The van der Waals surface area contributed by atoms with Crippen molar-refractivity contribution >= 4 is 17.4 Å². The Labute approximate surface area is 99.5 Å². The quantitative estimate of drug-likeness (QED) is 0.590. The summed E-state index contributed by atoms with van der Waals surface area (Å²) in [5.41, 5.74) is 1.46. The predicted octanol–water partition coefficient (Wildman–Crippen LogP) is 3.19. The van der Waals surface area contributed by atoms with Crippen molar-refractivity contribution in [3.63, 3.8) is 0 Å². The number of aromatic nitrogens is 1. The first-order chi connectivity index (χ1) is 7.70. The summed E-state index contributed by atoms with van der Waals surface area (Å²) in [7, 11) is 1.84. The second kappa shape index (κ2) is 4.54. The number of hydrogen-bond acceptors (Lipinski definition) is 1. The highest BCUT2D eigenvalue weighted by molar-refractivity contribution is 6.33. The number of carbonyl (C=O) groups excluding carboxylic acids is 1. The number of Topliss-reactive ketones (excluding diaryl/α,β-unsaturated/α-hetero) is 1. The molecule has 0 aliphatic heterocycles. The molecule has 1 atom stereocenters. The highest BCUT2D eigenvalue weighted by Crippen LogP contribution is 2.24. The lowest BCUT2D eigenvalue weighted by Crippen LogP contribution is -2.11. The Morgan fingerprint density at radius 1 is 1.19 bits per heavy atom. The van der Waals surface area contributed by atoms with Crippen LogP contribution in [-0.2, 0) is 7.05 Å². The molecule has 0 spiro atoms. The first-order valence-electron chi connectivity index (χ1n) is 5.04. The molecule has 1 unspecified atom stereocenters. The summed E-state index contributed by atoms with van der Waals surface area (Å²) in [5.74, 6) is -0.0691. The van der Waals surface area contributed by atoms with Crippen LogP contribution < -0.4 is 0 Å². The minimum Gasteiger partial charge on any atom is -0.348 e. The summed E-state index contributed by atoms with van der Waals surface area (Å²) in [4.78, 5) is 12.1. The van der Waals surface area contributed by atoms with E-state index in [1.807, 2.05) is 49.6 Å². The van der Waals surface area contributed by atoms with Crippen molar-refractivity contribution in [2.45, 2.75) is 5.38 Å². The average molecular weight is 234 g/mol. The van der Waals surface area contributed by atoms with Crippen LogP contribution in [0, 0.1) is 0 Å². The first-order valence-corrected chi connectivity index (χ1v) is 5.48. The van der Waals surface area contributed by atoms with Gasteiger partial charge < -0.3 is 4.57 Å². The molecule has 0 fully saturated rings. The summed E-state index contributed by atoms with van der Waals surface area (Å²) < 4.78 is 1.78. The summed E-state index contributed by atoms with van der Waals surface area (Å²) in [5, 5.41) is -0.616. The van der Waals surface area contributed by atoms with Gasteiger partial charge in [0.05, 0.1) is 5.69 Å². The third-order valence-corrected chi connectivity index (χ3v) is 2.97.